The van der Waals surface area contributed by atoms with Crippen molar-refractivity contribution in [2.45, 2.75) is 32.6 Å². The molecule has 2 amide bonds. The molecular formula is C21H25N3O2. The van der Waals surface area contributed by atoms with E-state index < -0.39 is 0 Å². The molecule has 5 nitrogen and oxygen atoms in total. The monoisotopic (exact) mass is 351 g/mol. The van der Waals surface area contributed by atoms with E-state index in [1.54, 1.807) is 0 Å². The molecule has 0 radical (unpaired) electrons. The van der Waals surface area contributed by atoms with Crippen LogP contribution in [0.25, 0.3) is 10.9 Å². The molecule has 0 bridgehead atoms. The Kier molecular flexibility index (Phi) is 4.62. The van der Waals surface area contributed by atoms with Crippen LogP contribution in [0, 0.1) is 12.8 Å². The molecule has 1 saturated heterocycles. The zero-order chi connectivity index (χ0) is 18.1. The maximum absolute atomic E-state index is 13.1. The van der Waals surface area contributed by atoms with Crippen molar-refractivity contribution in [2.24, 2.45) is 5.92 Å². The third-order valence-corrected chi connectivity index (χ3v) is 5.66. The van der Waals surface area contributed by atoms with E-state index in [4.69, 9.17) is 0 Å². The van der Waals surface area contributed by atoms with Crippen LogP contribution in [0.5, 0.6) is 0 Å². The summed E-state index contributed by atoms with van der Waals surface area (Å²) < 4.78 is 0. The number of carbonyl (C=O) groups is 2. The van der Waals surface area contributed by atoms with Crippen LogP contribution in [0.4, 0.5) is 0 Å². The van der Waals surface area contributed by atoms with Crippen LogP contribution in [0.1, 0.15) is 41.7 Å². The predicted octanol–water partition coefficient (Wildman–Crippen LogP) is 3.02. The summed E-state index contributed by atoms with van der Waals surface area (Å²) in [7, 11) is 0. The fraction of sp³-hybridized carbons (Fsp3) is 0.476. The highest BCUT2D eigenvalue weighted by atomic mass is 16.2. The second-order valence-electron chi connectivity index (χ2n) is 7.43. The Balaban J connectivity index is 1.48. The molecule has 136 valence electrons. The first-order chi connectivity index (χ1) is 12.6. The van der Waals surface area contributed by atoms with Gasteiger partial charge in [0.25, 0.3) is 5.91 Å². The molecule has 2 heterocycles. The average Bonchev–Trinajstić information content (AvgIpc) is 3.21. The van der Waals surface area contributed by atoms with Crippen LogP contribution < -0.4 is 0 Å². The highest BCUT2D eigenvalue weighted by Gasteiger charge is 2.31. The summed E-state index contributed by atoms with van der Waals surface area (Å²) >= 11 is 0. The Hall–Kier alpha value is -2.43. The summed E-state index contributed by atoms with van der Waals surface area (Å²) in [5, 5.41) is 0.896. The highest BCUT2D eigenvalue weighted by Crippen LogP contribution is 2.27. The van der Waals surface area contributed by atoms with Crippen LogP contribution in [0.2, 0.25) is 0 Å². The summed E-state index contributed by atoms with van der Waals surface area (Å²) in [4.78, 5) is 34.0. The van der Waals surface area contributed by atoms with Gasteiger partial charge < -0.3 is 9.80 Å². The molecule has 0 atom stereocenters. The molecule has 1 aliphatic heterocycles. The minimum Gasteiger partial charge on any atom is -0.339 e. The van der Waals surface area contributed by atoms with Crippen LogP contribution in [-0.4, -0.2) is 52.8 Å². The SMILES string of the molecule is Cc1cc(C(=O)N2CCN(C(=O)C3CCCC3)CC2)c2ccccc2n1. The molecule has 0 spiro atoms. The number of piperazine rings is 1. The van der Waals surface area contributed by atoms with Gasteiger partial charge in [-0.25, -0.2) is 0 Å². The van der Waals surface area contributed by atoms with Gasteiger partial charge in [0.15, 0.2) is 0 Å². The van der Waals surface area contributed by atoms with Crippen LogP contribution >= 0.6 is 0 Å². The Morgan fingerprint density at radius 1 is 1.00 bits per heavy atom. The molecule has 4 rings (SSSR count). The number of nitrogens with zero attached hydrogens (tertiary/aromatic N) is 3. The third kappa shape index (κ3) is 3.18. The topological polar surface area (TPSA) is 53.5 Å². The van der Waals surface area contributed by atoms with Crippen molar-refractivity contribution < 1.29 is 9.59 Å². The normalized spacial score (nSPS) is 18.5. The average molecular weight is 351 g/mol. The molecule has 2 fully saturated rings. The number of hydrogen-bond donors (Lipinski definition) is 0. The smallest absolute Gasteiger partial charge is 0.254 e. The van der Waals surface area contributed by atoms with Crippen molar-refractivity contribution in [3.05, 3.63) is 41.6 Å². The van der Waals surface area contributed by atoms with Gasteiger partial charge in [-0.15, -0.1) is 0 Å². The van der Waals surface area contributed by atoms with Gasteiger partial charge in [0, 0.05) is 43.2 Å². The van der Waals surface area contributed by atoms with Crippen LogP contribution in [-0.2, 0) is 4.79 Å². The van der Waals surface area contributed by atoms with Crippen molar-refractivity contribution in [3.8, 4) is 0 Å². The summed E-state index contributed by atoms with van der Waals surface area (Å²) in [6.45, 7) is 4.41. The minimum absolute atomic E-state index is 0.0414. The van der Waals surface area contributed by atoms with Crippen molar-refractivity contribution in [3.63, 3.8) is 0 Å². The Labute approximate surface area is 154 Å². The van der Waals surface area contributed by atoms with Crippen LogP contribution in [0.15, 0.2) is 30.3 Å². The summed E-state index contributed by atoms with van der Waals surface area (Å²) in [6, 6.07) is 9.65. The van der Waals surface area contributed by atoms with Gasteiger partial charge in [-0.3, -0.25) is 14.6 Å². The molecular weight excluding hydrogens is 326 g/mol. The zero-order valence-corrected chi connectivity index (χ0v) is 15.3. The maximum atomic E-state index is 13.1. The zero-order valence-electron chi connectivity index (χ0n) is 15.3. The number of fused-ring (bicyclic) bond motifs is 1. The maximum Gasteiger partial charge on any atom is 0.254 e. The second-order valence-corrected chi connectivity index (χ2v) is 7.43. The molecule has 2 aromatic rings. The lowest BCUT2D eigenvalue weighted by Gasteiger charge is -2.36. The molecule has 1 aromatic heterocycles. The largest absolute Gasteiger partial charge is 0.339 e. The fourth-order valence-electron chi connectivity index (χ4n) is 4.22. The van der Waals surface area contributed by atoms with E-state index in [9.17, 15) is 9.59 Å². The standard InChI is InChI=1S/C21H25N3O2/c1-15-14-18(17-8-4-5-9-19(17)22-15)21(26)24-12-10-23(11-13-24)20(25)16-6-2-3-7-16/h4-5,8-9,14,16H,2-3,6-7,10-13H2,1H3. The first-order valence-electron chi connectivity index (χ1n) is 9.58. The Morgan fingerprint density at radius 2 is 1.65 bits per heavy atom. The molecule has 2 aliphatic rings. The number of para-hydroxylation sites is 1. The van der Waals surface area contributed by atoms with Gasteiger partial charge in [0.1, 0.15) is 0 Å². The molecule has 0 unspecified atom stereocenters. The number of pyridine rings is 1. The van der Waals surface area contributed by atoms with Gasteiger partial charge >= 0.3 is 0 Å². The van der Waals surface area contributed by atoms with Gasteiger partial charge in [0.05, 0.1) is 11.1 Å². The number of amides is 2. The first kappa shape index (κ1) is 17.0. The number of aryl methyl sites for hydroxylation is 1. The number of rotatable bonds is 2. The van der Waals surface area contributed by atoms with Crippen molar-refractivity contribution >= 4 is 22.7 Å². The second kappa shape index (κ2) is 7.06. The van der Waals surface area contributed by atoms with Crippen molar-refractivity contribution in [1.82, 2.24) is 14.8 Å². The van der Waals surface area contributed by atoms with E-state index in [2.05, 4.69) is 4.98 Å². The number of aromatic nitrogens is 1. The van der Waals surface area contributed by atoms with E-state index in [0.717, 1.165) is 29.4 Å². The fourth-order valence-corrected chi connectivity index (χ4v) is 4.22. The third-order valence-electron chi connectivity index (χ3n) is 5.66. The molecule has 1 aliphatic carbocycles. The minimum atomic E-state index is 0.0414. The lowest BCUT2D eigenvalue weighted by Crippen LogP contribution is -2.51. The van der Waals surface area contributed by atoms with E-state index >= 15 is 0 Å². The van der Waals surface area contributed by atoms with E-state index in [-0.39, 0.29) is 11.8 Å². The molecule has 1 aromatic carbocycles. The lowest BCUT2D eigenvalue weighted by molar-refractivity contribution is -0.136. The Bertz CT molecular complexity index is 834. The number of hydrogen-bond acceptors (Lipinski definition) is 3. The van der Waals surface area contributed by atoms with Gasteiger partial charge in [0.2, 0.25) is 5.91 Å². The Morgan fingerprint density at radius 3 is 2.38 bits per heavy atom. The molecule has 5 heteroatoms. The van der Waals surface area contributed by atoms with E-state index in [1.807, 2.05) is 47.1 Å². The highest BCUT2D eigenvalue weighted by molar-refractivity contribution is 6.06. The summed E-state index contributed by atoms with van der Waals surface area (Å²) in [6.07, 6.45) is 4.40. The van der Waals surface area contributed by atoms with Gasteiger partial charge in [-0.1, -0.05) is 31.0 Å². The number of benzene rings is 1. The van der Waals surface area contributed by atoms with E-state index in [0.29, 0.717) is 37.6 Å². The van der Waals surface area contributed by atoms with E-state index in [1.165, 1.54) is 12.8 Å². The van der Waals surface area contributed by atoms with Crippen LogP contribution in [0.3, 0.4) is 0 Å². The molecule has 0 N–H and O–H groups in total. The lowest BCUT2D eigenvalue weighted by atomic mass is 10.0. The summed E-state index contributed by atoms with van der Waals surface area (Å²) in [5.74, 6) is 0.545. The molecule has 26 heavy (non-hydrogen) atoms. The quantitative estimate of drug-likeness (QED) is 0.836. The number of carbonyl (C=O) groups excluding carboxylic acids is 2. The van der Waals surface area contributed by atoms with Crippen molar-refractivity contribution in [1.29, 1.82) is 0 Å². The predicted molar refractivity (Wildman–Crippen MR) is 101 cm³/mol. The first-order valence-corrected chi connectivity index (χ1v) is 9.58. The van der Waals surface area contributed by atoms with Crippen molar-refractivity contribution in [2.75, 3.05) is 26.2 Å². The van der Waals surface area contributed by atoms with Gasteiger partial charge in [-0.05, 0) is 31.9 Å². The summed E-state index contributed by atoms with van der Waals surface area (Å²) in [5.41, 5.74) is 2.41. The van der Waals surface area contributed by atoms with Gasteiger partial charge in [-0.2, -0.15) is 0 Å². The molecule has 1 saturated carbocycles.